The van der Waals surface area contributed by atoms with Gasteiger partial charge in [0.15, 0.2) is 0 Å². The van der Waals surface area contributed by atoms with Crippen molar-refractivity contribution in [3.63, 3.8) is 0 Å². The number of aromatic nitrogens is 3. The fraction of sp³-hybridized carbons (Fsp3) is 0.700. The summed E-state index contributed by atoms with van der Waals surface area (Å²) in [5.41, 5.74) is -1.11. The lowest BCUT2D eigenvalue weighted by atomic mass is 10.3. The number of unbranched alkanes of at least 4 members (excludes halogenated alkanes) is 1. The van der Waals surface area contributed by atoms with Crippen molar-refractivity contribution in [1.29, 1.82) is 0 Å². The Balaban J connectivity index is 2.22. The van der Waals surface area contributed by atoms with Crippen LogP contribution in [0.1, 0.15) is 26.7 Å². The maximum atomic E-state index is 11.2. The van der Waals surface area contributed by atoms with Gasteiger partial charge in [-0.15, -0.1) is 5.10 Å². The smallest absolute Gasteiger partial charge is 0.342 e. The van der Waals surface area contributed by atoms with Crippen molar-refractivity contribution in [3.8, 4) is 0 Å². The van der Waals surface area contributed by atoms with Gasteiger partial charge in [-0.3, -0.25) is 9.78 Å². The summed E-state index contributed by atoms with van der Waals surface area (Å²) in [5, 5.41) is 8.61. The van der Waals surface area contributed by atoms with Crippen LogP contribution in [0.5, 0.6) is 0 Å². The van der Waals surface area contributed by atoms with E-state index < -0.39 is 11.2 Å². The number of aromatic amines is 2. The van der Waals surface area contributed by atoms with Gasteiger partial charge < -0.3 is 10.1 Å². The van der Waals surface area contributed by atoms with Gasteiger partial charge in [0.2, 0.25) is 5.82 Å². The third-order valence-corrected chi connectivity index (χ3v) is 2.03. The Morgan fingerprint density at radius 1 is 1.35 bits per heavy atom. The first kappa shape index (κ1) is 13.4. The highest BCUT2D eigenvalue weighted by Gasteiger charge is 2.00. The van der Waals surface area contributed by atoms with Crippen molar-refractivity contribution < 1.29 is 4.74 Å². The summed E-state index contributed by atoms with van der Waals surface area (Å²) in [6.45, 7) is 5.29. The molecule has 3 N–H and O–H groups in total. The van der Waals surface area contributed by atoms with E-state index in [4.69, 9.17) is 4.74 Å². The first-order valence-electron chi connectivity index (χ1n) is 5.64. The summed E-state index contributed by atoms with van der Waals surface area (Å²) in [7, 11) is 0. The van der Waals surface area contributed by atoms with E-state index in [-0.39, 0.29) is 11.9 Å². The van der Waals surface area contributed by atoms with Crippen LogP contribution in [0.15, 0.2) is 9.59 Å². The lowest BCUT2D eigenvalue weighted by Gasteiger charge is -2.07. The molecule has 17 heavy (non-hydrogen) atoms. The van der Waals surface area contributed by atoms with E-state index in [9.17, 15) is 9.59 Å². The van der Waals surface area contributed by atoms with Crippen LogP contribution in [0.4, 0.5) is 5.82 Å². The molecule has 0 aliphatic rings. The van der Waals surface area contributed by atoms with Crippen LogP contribution in [-0.4, -0.2) is 34.4 Å². The zero-order chi connectivity index (χ0) is 12.7. The molecule has 0 atom stereocenters. The van der Waals surface area contributed by atoms with Crippen LogP contribution in [0.25, 0.3) is 0 Å². The van der Waals surface area contributed by atoms with Crippen LogP contribution in [0.2, 0.25) is 0 Å². The van der Waals surface area contributed by atoms with Crippen molar-refractivity contribution in [2.45, 2.75) is 32.8 Å². The van der Waals surface area contributed by atoms with E-state index in [0.717, 1.165) is 12.8 Å². The molecule has 96 valence electrons. The molecule has 0 saturated heterocycles. The van der Waals surface area contributed by atoms with E-state index >= 15 is 0 Å². The Kier molecular flexibility index (Phi) is 5.41. The van der Waals surface area contributed by atoms with Gasteiger partial charge in [0.1, 0.15) is 0 Å². The number of nitrogens with zero attached hydrogens (tertiary/aromatic N) is 1. The standard InChI is InChI=1S/C10H18N4O3/c1-7(2)17-6-4-3-5-11-8-9(15)12-10(16)14-13-8/h7H,3-6H2,1-2H3,(H,11,13)(H2,12,14,15,16). The molecule has 0 spiro atoms. The Hall–Kier alpha value is -1.63. The second kappa shape index (κ2) is 6.85. The molecule has 1 heterocycles. The van der Waals surface area contributed by atoms with Gasteiger partial charge >= 0.3 is 5.69 Å². The van der Waals surface area contributed by atoms with E-state index in [1.165, 1.54) is 0 Å². The summed E-state index contributed by atoms with van der Waals surface area (Å²) in [5.74, 6) is 0.134. The molecule has 0 bridgehead atoms. The second-order valence-corrected chi connectivity index (χ2v) is 3.91. The van der Waals surface area contributed by atoms with E-state index in [0.29, 0.717) is 13.2 Å². The van der Waals surface area contributed by atoms with E-state index in [1.54, 1.807) is 0 Å². The quantitative estimate of drug-likeness (QED) is 0.588. The van der Waals surface area contributed by atoms with Gasteiger partial charge in [0, 0.05) is 13.2 Å². The normalized spacial score (nSPS) is 10.8. The molecular weight excluding hydrogens is 224 g/mol. The molecular formula is C10H18N4O3. The van der Waals surface area contributed by atoms with Crippen molar-refractivity contribution in [3.05, 3.63) is 20.8 Å². The zero-order valence-electron chi connectivity index (χ0n) is 10.1. The molecule has 0 amide bonds. The van der Waals surface area contributed by atoms with Gasteiger partial charge in [-0.25, -0.2) is 9.89 Å². The summed E-state index contributed by atoms with van der Waals surface area (Å²) >= 11 is 0. The first-order valence-corrected chi connectivity index (χ1v) is 5.64. The maximum Gasteiger partial charge on any atom is 0.342 e. The molecule has 7 nitrogen and oxygen atoms in total. The molecule has 0 saturated carbocycles. The lowest BCUT2D eigenvalue weighted by molar-refractivity contribution is 0.0765. The van der Waals surface area contributed by atoms with Crippen LogP contribution in [0, 0.1) is 0 Å². The number of hydrogen-bond acceptors (Lipinski definition) is 5. The molecule has 0 aliphatic heterocycles. The monoisotopic (exact) mass is 242 g/mol. The first-order chi connectivity index (χ1) is 8.09. The number of nitrogens with one attached hydrogen (secondary N) is 3. The minimum atomic E-state index is -0.606. The molecule has 1 aromatic rings. The number of H-pyrrole nitrogens is 2. The van der Waals surface area contributed by atoms with Crippen molar-refractivity contribution >= 4 is 5.82 Å². The van der Waals surface area contributed by atoms with Crippen molar-refractivity contribution in [1.82, 2.24) is 15.2 Å². The number of rotatable bonds is 7. The second-order valence-electron chi connectivity index (χ2n) is 3.91. The minimum absolute atomic E-state index is 0.134. The van der Waals surface area contributed by atoms with Crippen LogP contribution >= 0.6 is 0 Å². The molecule has 0 fully saturated rings. The summed E-state index contributed by atoms with van der Waals surface area (Å²) in [6, 6.07) is 0. The number of ether oxygens (including phenoxy) is 1. The molecule has 1 aromatic heterocycles. The largest absolute Gasteiger partial charge is 0.379 e. The maximum absolute atomic E-state index is 11.2. The van der Waals surface area contributed by atoms with Crippen molar-refractivity contribution in [2.75, 3.05) is 18.5 Å². The molecule has 0 unspecified atom stereocenters. The highest BCUT2D eigenvalue weighted by molar-refractivity contribution is 5.28. The van der Waals surface area contributed by atoms with Crippen LogP contribution in [-0.2, 0) is 4.74 Å². The summed E-state index contributed by atoms with van der Waals surface area (Å²) < 4.78 is 5.37. The third-order valence-electron chi connectivity index (χ3n) is 2.03. The van der Waals surface area contributed by atoms with Gasteiger partial charge in [0.25, 0.3) is 5.56 Å². The molecule has 0 aliphatic carbocycles. The average molecular weight is 242 g/mol. The van der Waals surface area contributed by atoms with E-state index in [2.05, 4.69) is 20.5 Å². The van der Waals surface area contributed by atoms with Gasteiger partial charge in [-0.1, -0.05) is 0 Å². The summed E-state index contributed by atoms with van der Waals surface area (Å²) in [6.07, 6.45) is 2.02. The number of hydrogen-bond donors (Lipinski definition) is 3. The van der Waals surface area contributed by atoms with E-state index in [1.807, 2.05) is 13.8 Å². The molecule has 0 aromatic carbocycles. The minimum Gasteiger partial charge on any atom is -0.379 e. The van der Waals surface area contributed by atoms with Crippen molar-refractivity contribution in [2.24, 2.45) is 0 Å². The third kappa shape index (κ3) is 5.30. The summed E-state index contributed by atoms with van der Waals surface area (Å²) in [4.78, 5) is 24.0. The fourth-order valence-corrected chi connectivity index (χ4v) is 1.22. The Bertz CT molecular complexity index is 438. The predicted octanol–water partition coefficient (Wildman–Crippen LogP) is 0.0753. The Labute approximate surface area is 98.6 Å². The highest BCUT2D eigenvalue weighted by atomic mass is 16.5. The Morgan fingerprint density at radius 3 is 2.76 bits per heavy atom. The van der Waals surface area contributed by atoms with Gasteiger partial charge in [-0.05, 0) is 26.7 Å². The lowest BCUT2D eigenvalue weighted by Crippen LogP contribution is -2.27. The fourth-order valence-electron chi connectivity index (χ4n) is 1.22. The molecule has 7 heteroatoms. The average Bonchev–Trinajstić information content (AvgIpc) is 2.25. The Morgan fingerprint density at radius 2 is 2.12 bits per heavy atom. The zero-order valence-corrected chi connectivity index (χ0v) is 10.1. The molecule has 1 rings (SSSR count). The predicted molar refractivity (Wildman–Crippen MR) is 64.3 cm³/mol. The molecule has 0 radical (unpaired) electrons. The van der Waals surface area contributed by atoms with Gasteiger partial charge in [-0.2, -0.15) is 0 Å². The number of anilines is 1. The van der Waals surface area contributed by atoms with Crippen LogP contribution < -0.4 is 16.6 Å². The topological polar surface area (TPSA) is 99.9 Å². The van der Waals surface area contributed by atoms with Gasteiger partial charge in [0.05, 0.1) is 6.10 Å². The SMILES string of the molecule is CC(C)OCCCCNc1n[nH]c(=O)[nH]c1=O. The highest BCUT2D eigenvalue weighted by Crippen LogP contribution is 1.95. The van der Waals surface area contributed by atoms with Crippen LogP contribution in [0.3, 0.4) is 0 Å².